The Labute approximate surface area is 321 Å². The molecule has 1 aromatic heterocycles. The normalized spacial score (nSPS) is 20.1. The van der Waals surface area contributed by atoms with Gasteiger partial charge in [-0.15, -0.1) is 0 Å². The van der Waals surface area contributed by atoms with Crippen molar-refractivity contribution >= 4 is 20.9 Å². The van der Waals surface area contributed by atoms with Gasteiger partial charge in [0.05, 0.1) is 50.6 Å². The van der Waals surface area contributed by atoms with Gasteiger partial charge in [0.2, 0.25) is 0 Å². The molecule has 0 radical (unpaired) electrons. The maximum atomic E-state index is 13.7. The van der Waals surface area contributed by atoms with Gasteiger partial charge in [-0.25, -0.2) is 12.4 Å². The fraction of sp³-hybridized carbons (Fsp3) is 0.273. The van der Waals surface area contributed by atoms with Gasteiger partial charge in [0.25, 0.3) is 10.0 Å². The molecular formula is C44H45NO9S. The first-order valence-corrected chi connectivity index (χ1v) is 19.7. The number of ether oxygens (including phenoxy) is 6. The van der Waals surface area contributed by atoms with Crippen molar-refractivity contribution < 1.29 is 41.9 Å². The standard InChI is InChI=1S/C44H45NO9S/c1-49-36-23-21-34(22-24-36)31-51-41-40(28-46)54-44(43(53-30-33-15-7-3-8-16-33)42(41)52-29-32-13-5-2-6-14-32)50-26-25-35-27-45(39-20-12-11-19-38(35)39)55(47,48)37-17-9-4-10-18-37/h2-24,27,40-44,46H,25-26,28-31H2,1H3/t40-,41-,42+,43-,44-/m1/s1. The second-order valence-corrected chi connectivity index (χ2v) is 15.1. The van der Waals surface area contributed by atoms with Crippen molar-refractivity contribution in [1.82, 2.24) is 3.97 Å². The quantitative estimate of drug-likeness (QED) is 0.106. The minimum atomic E-state index is -3.85. The Hall–Kier alpha value is -4.85. The Balaban J connectivity index is 1.16. The maximum Gasteiger partial charge on any atom is 0.268 e. The molecule has 5 atom stereocenters. The second kappa shape index (κ2) is 18.2. The van der Waals surface area contributed by atoms with Gasteiger partial charge >= 0.3 is 0 Å². The number of rotatable bonds is 17. The number of benzene rings is 5. The Morgan fingerprint density at radius 1 is 0.636 bits per heavy atom. The third kappa shape index (κ3) is 9.17. The largest absolute Gasteiger partial charge is 0.497 e. The van der Waals surface area contributed by atoms with Crippen LogP contribution in [0.15, 0.2) is 151 Å². The van der Waals surface area contributed by atoms with Gasteiger partial charge in [-0.3, -0.25) is 0 Å². The summed E-state index contributed by atoms with van der Waals surface area (Å²) >= 11 is 0. The van der Waals surface area contributed by atoms with E-state index < -0.39 is 40.7 Å². The van der Waals surface area contributed by atoms with E-state index in [0.717, 1.165) is 33.4 Å². The van der Waals surface area contributed by atoms with Crippen molar-refractivity contribution in [3.8, 4) is 5.75 Å². The van der Waals surface area contributed by atoms with Crippen LogP contribution >= 0.6 is 0 Å². The molecule has 10 nitrogen and oxygen atoms in total. The van der Waals surface area contributed by atoms with Gasteiger partial charge in [-0.2, -0.15) is 0 Å². The molecule has 5 aromatic carbocycles. The molecule has 7 rings (SSSR count). The topological polar surface area (TPSA) is 115 Å². The van der Waals surface area contributed by atoms with Crippen molar-refractivity contribution in [3.63, 3.8) is 0 Å². The highest BCUT2D eigenvalue weighted by molar-refractivity contribution is 7.90. The van der Waals surface area contributed by atoms with Crippen LogP contribution < -0.4 is 4.74 Å². The molecular weight excluding hydrogens is 719 g/mol. The van der Waals surface area contributed by atoms with Crippen LogP contribution in [0.5, 0.6) is 5.75 Å². The van der Waals surface area contributed by atoms with E-state index in [0.29, 0.717) is 11.9 Å². The summed E-state index contributed by atoms with van der Waals surface area (Å²) in [6, 6.07) is 43.0. The first-order chi connectivity index (χ1) is 26.9. The molecule has 0 saturated carbocycles. The van der Waals surface area contributed by atoms with Crippen LogP contribution in [-0.4, -0.2) is 68.5 Å². The SMILES string of the molecule is COc1ccc(CO[C@H]2[C@H](OCc3ccccc3)[C@@H](OCc3ccccc3)[C@H](OCCc3cn(S(=O)(=O)c4ccccc4)c4ccccc34)O[C@@H]2CO)cc1. The highest BCUT2D eigenvalue weighted by Crippen LogP contribution is 2.32. The van der Waals surface area contributed by atoms with Gasteiger partial charge in [-0.1, -0.05) is 109 Å². The number of para-hydroxylation sites is 1. The van der Waals surface area contributed by atoms with Gasteiger partial charge in [0.15, 0.2) is 6.29 Å². The van der Waals surface area contributed by atoms with E-state index in [2.05, 4.69) is 0 Å². The number of nitrogens with zero attached hydrogens (tertiary/aromatic N) is 1. The van der Waals surface area contributed by atoms with E-state index in [4.69, 9.17) is 28.4 Å². The molecule has 55 heavy (non-hydrogen) atoms. The number of aliphatic hydroxyl groups excluding tert-OH is 1. The van der Waals surface area contributed by atoms with Crippen LogP contribution in [0.25, 0.3) is 10.9 Å². The smallest absolute Gasteiger partial charge is 0.268 e. The molecule has 1 fully saturated rings. The summed E-state index contributed by atoms with van der Waals surface area (Å²) in [5, 5.41) is 11.5. The van der Waals surface area contributed by atoms with E-state index in [1.807, 2.05) is 103 Å². The zero-order valence-electron chi connectivity index (χ0n) is 30.6. The average Bonchev–Trinajstić information content (AvgIpc) is 3.62. The van der Waals surface area contributed by atoms with Gasteiger partial charge < -0.3 is 33.5 Å². The highest BCUT2D eigenvalue weighted by Gasteiger charge is 2.49. The number of methoxy groups -OCH3 is 1. The Morgan fingerprint density at radius 3 is 1.80 bits per heavy atom. The lowest BCUT2D eigenvalue weighted by atomic mass is 9.97. The van der Waals surface area contributed by atoms with E-state index in [-0.39, 0.29) is 37.9 Å². The van der Waals surface area contributed by atoms with E-state index in [1.165, 1.54) is 3.97 Å². The summed E-state index contributed by atoms with van der Waals surface area (Å²) in [4.78, 5) is 0.202. The summed E-state index contributed by atoms with van der Waals surface area (Å²) < 4.78 is 66.9. The van der Waals surface area contributed by atoms with Crippen molar-refractivity contribution in [2.45, 2.75) is 61.8 Å². The zero-order valence-corrected chi connectivity index (χ0v) is 31.4. The molecule has 0 amide bonds. The van der Waals surface area contributed by atoms with Crippen molar-refractivity contribution in [2.24, 2.45) is 0 Å². The maximum absolute atomic E-state index is 13.7. The van der Waals surface area contributed by atoms with Gasteiger partial charge in [-0.05, 0) is 59.0 Å². The zero-order chi connectivity index (χ0) is 38.0. The first-order valence-electron chi connectivity index (χ1n) is 18.3. The second-order valence-electron chi connectivity index (χ2n) is 13.3. The summed E-state index contributed by atoms with van der Waals surface area (Å²) in [5.74, 6) is 0.735. The fourth-order valence-electron chi connectivity index (χ4n) is 6.78. The number of hydrogen-bond acceptors (Lipinski definition) is 9. The molecule has 0 spiro atoms. The molecule has 11 heteroatoms. The number of aliphatic hydroxyl groups is 1. The molecule has 1 saturated heterocycles. The van der Waals surface area contributed by atoms with Crippen LogP contribution in [0.2, 0.25) is 0 Å². The van der Waals surface area contributed by atoms with Crippen molar-refractivity contribution in [3.05, 3.63) is 168 Å². The number of hydrogen-bond donors (Lipinski definition) is 1. The molecule has 1 aliphatic rings. The van der Waals surface area contributed by atoms with Crippen molar-refractivity contribution in [2.75, 3.05) is 20.3 Å². The van der Waals surface area contributed by atoms with E-state index in [1.54, 1.807) is 49.7 Å². The number of fused-ring (bicyclic) bond motifs is 1. The van der Waals surface area contributed by atoms with Gasteiger partial charge in [0, 0.05) is 11.6 Å². The molecule has 2 heterocycles. The monoisotopic (exact) mass is 763 g/mol. The molecule has 0 unspecified atom stereocenters. The number of aromatic nitrogens is 1. The van der Waals surface area contributed by atoms with Crippen LogP contribution in [0, 0.1) is 0 Å². The lowest BCUT2D eigenvalue weighted by molar-refractivity contribution is -0.326. The van der Waals surface area contributed by atoms with Gasteiger partial charge in [0.1, 0.15) is 30.2 Å². The third-order valence-electron chi connectivity index (χ3n) is 9.66. The molecule has 0 aliphatic carbocycles. The Kier molecular flexibility index (Phi) is 12.7. The minimum Gasteiger partial charge on any atom is -0.497 e. The molecule has 0 bridgehead atoms. The lowest BCUT2D eigenvalue weighted by Crippen LogP contribution is -2.61. The summed E-state index contributed by atoms with van der Waals surface area (Å²) in [6.45, 7) is 0.552. The van der Waals surface area contributed by atoms with Crippen LogP contribution in [-0.2, 0) is 59.9 Å². The predicted octanol–water partition coefficient (Wildman–Crippen LogP) is 6.92. The minimum absolute atomic E-state index is 0.163. The molecule has 1 aliphatic heterocycles. The van der Waals surface area contributed by atoms with E-state index in [9.17, 15) is 13.5 Å². The lowest BCUT2D eigenvalue weighted by Gasteiger charge is -2.45. The Morgan fingerprint density at radius 2 is 1.18 bits per heavy atom. The predicted molar refractivity (Wildman–Crippen MR) is 208 cm³/mol. The first kappa shape index (κ1) is 38.4. The summed E-state index contributed by atoms with van der Waals surface area (Å²) in [7, 11) is -2.23. The Bertz CT molecular complexity index is 2200. The highest BCUT2D eigenvalue weighted by atomic mass is 32.2. The van der Waals surface area contributed by atoms with Crippen LogP contribution in [0.1, 0.15) is 22.3 Å². The van der Waals surface area contributed by atoms with Crippen LogP contribution in [0.4, 0.5) is 0 Å². The summed E-state index contributed by atoms with van der Waals surface area (Å²) in [5.41, 5.74) is 4.20. The molecule has 6 aromatic rings. The average molecular weight is 764 g/mol. The summed E-state index contributed by atoms with van der Waals surface area (Å²) in [6.07, 6.45) is -1.93. The fourth-order valence-corrected chi connectivity index (χ4v) is 8.19. The van der Waals surface area contributed by atoms with E-state index >= 15 is 0 Å². The van der Waals surface area contributed by atoms with Crippen LogP contribution in [0.3, 0.4) is 0 Å². The third-order valence-corrected chi connectivity index (χ3v) is 11.3. The molecule has 1 N–H and O–H groups in total. The molecule has 286 valence electrons. The van der Waals surface area contributed by atoms with Crippen molar-refractivity contribution in [1.29, 1.82) is 0 Å².